The van der Waals surface area contributed by atoms with Gasteiger partial charge in [-0.1, -0.05) is 40.7 Å². The predicted molar refractivity (Wildman–Crippen MR) is 96.0 cm³/mol. The number of halogens is 3. The second-order valence-corrected chi connectivity index (χ2v) is 7.83. The van der Waals surface area contributed by atoms with Crippen LogP contribution in [-0.2, 0) is 10.0 Å². The summed E-state index contributed by atoms with van der Waals surface area (Å²) in [6, 6.07) is 9.11. The minimum absolute atomic E-state index is 0.0723. The van der Waals surface area contributed by atoms with Gasteiger partial charge < -0.3 is 0 Å². The summed E-state index contributed by atoms with van der Waals surface area (Å²) in [6.07, 6.45) is 5.35. The number of hydrogen-bond donors (Lipinski definition) is 0. The summed E-state index contributed by atoms with van der Waals surface area (Å²) < 4.78 is 27.1. The zero-order valence-corrected chi connectivity index (χ0v) is 15.1. The Bertz CT molecular complexity index is 889. The van der Waals surface area contributed by atoms with Crippen molar-refractivity contribution in [3.8, 4) is 12.3 Å². The van der Waals surface area contributed by atoms with Gasteiger partial charge in [-0.05, 0) is 48.9 Å². The highest BCUT2D eigenvalue weighted by Crippen LogP contribution is 2.32. The van der Waals surface area contributed by atoms with Gasteiger partial charge in [-0.3, -0.25) is 4.31 Å². The lowest BCUT2D eigenvalue weighted by Gasteiger charge is -2.24. The van der Waals surface area contributed by atoms with Gasteiger partial charge in [-0.2, -0.15) is 0 Å². The topological polar surface area (TPSA) is 37.4 Å². The van der Waals surface area contributed by atoms with E-state index in [-0.39, 0.29) is 21.5 Å². The molecule has 0 aromatic heterocycles. The number of benzene rings is 2. The Morgan fingerprint density at radius 1 is 1.09 bits per heavy atom. The van der Waals surface area contributed by atoms with Gasteiger partial charge in [0.05, 0.1) is 17.3 Å². The Morgan fingerprint density at radius 3 is 2.30 bits per heavy atom. The molecule has 23 heavy (non-hydrogen) atoms. The molecule has 0 bridgehead atoms. The monoisotopic (exact) mass is 387 g/mol. The van der Waals surface area contributed by atoms with Gasteiger partial charge in [-0.15, -0.1) is 6.42 Å². The van der Waals surface area contributed by atoms with E-state index in [1.54, 1.807) is 25.1 Å². The Hall–Kier alpha value is -1.38. The van der Waals surface area contributed by atoms with Crippen LogP contribution in [0.1, 0.15) is 5.56 Å². The highest BCUT2D eigenvalue weighted by molar-refractivity contribution is 7.93. The lowest BCUT2D eigenvalue weighted by molar-refractivity contribution is 0.593. The maximum Gasteiger partial charge on any atom is 0.266 e. The van der Waals surface area contributed by atoms with Crippen LogP contribution >= 0.6 is 34.8 Å². The van der Waals surface area contributed by atoms with Crippen LogP contribution in [0.3, 0.4) is 0 Å². The summed E-state index contributed by atoms with van der Waals surface area (Å²) in [6.45, 7) is 1.60. The van der Waals surface area contributed by atoms with Crippen molar-refractivity contribution >= 4 is 50.5 Å². The van der Waals surface area contributed by atoms with Gasteiger partial charge in [-0.25, -0.2) is 8.42 Å². The number of nitrogens with zero attached hydrogens (tertiary/aromatic N) is 1. The van der Waals surface area contributed by atoms with Gasteiger partial charge in [0.15, 0.2) is 0 Å². The van der Waals surface area contributed by atoms with Crippen molar-refractivity contribution in [2.75, 3.05) is 10.8 Å². The van der Waals surface area contributed by atoms with Crippen molar-refractivity contribution in [2.45, 2.75) is 11.8 Å². The third-order valence-electron chi connectivity index (χ3n) is 3.12. The van der Waals surface area contributed by atoms with Crippen molar-refractivity contribution in [3.05, 3.63) is 57.0 Å². The lowest BCUT2D eigenvalue weighted by Crippen LogP contribution is -2.32. The Morgan fingerprint density at radius 2 is 1.70 bits per heavy atom. The van der Waals surface area contributed by atoms with Gasteiger partial charge in [0.1, 0.15) is 4.90 Å². The molecule has 0 aliphatic carbocycles. The van der Waals surface area contributed by atoms with Crippen molar-refractivity contribution in [1.82, 2.24) is 0 Å². The molecule has 2 aromatic rings. The van der Waals surface area contributed by atoms with E-state index in [1.165, 1.54) is 18.2 Å². The number of aryl methyl sites for hydroxylation is 1. The van der Waals surface area contributed by atoms with Gasteiger partial charge in [0.2, 0.25) is 0 Å². The first-order chi connectivity index (χ1) is 10.8. The fraction of sp³-hybridized carbons (Fsp3) is 0.125. The summed E-state index contributed by atoms with van der Waals surface area (Å²) in [5, 5.41) is 0.842. The molecule has 0 atom stereocenters. The average Bonchev–Trinajstić information content (AvgIpc) is 2.48. The van der Waals surface area contributed by atoms with E-state index in [2.05, 4.69) is 5.92 Å². The zero-order valence-electron chi connectivity index (χ0n) is 12.1. The Kier molecular flexibility index (Phi) is 5.49. The van der Waals surface area contributed by atoms with E-state index in [0.29, 0.717) is 16.3 Å². The highest BCUT2D eigenvalue weighted by atomic mass is 35.5. The van der Waals surface area contributed by atoms with Crippen LogP contribution in [0, 0.1) is 19.3 Å². The average molecular weight is 389 g/mol. The van der Waals surface area contributed by atoms with Crippen LogP contribution in [-0.4, -0.2) is 15.0 Å². The second kappa shape index (κ2) is 7.02. The molecule has 0 spiro atoms. The van der Waals surface area contributed by atoms with Crippen LogP contribution in [0.5, 0.6) is 0 Å². The molecular weight excluding hydrogens is 377 g/mol. The van der Waals surface area contributed by atoms with E-state index in [9.17, 15) is 8.42 Å². The first-order valence-corrected chi connectivity index (χ1v) is 9.02. The molecule has 0 saturated heterocycles. The Labute approximate surface area is 150 Å². The van der Waals surface area contributed by atoms with Crippen LogP contribution in [0.4, 0.5) is 5.69 Å². The molecule has 0 radical (unpaired) electrons. The molecule has 0 aliphatic heterocycles. The maximum atomic E-state index is 13.0. The molecule has 0 fully saturated rings. The lowest BCUT2D eigenvalue weighted by atomic mass is 10.2. The maximum absolute atomic E-state index is 13.0. The SMILES string of the molecule is C#CCN(c1ccc(Cl)cc1C)S(=O)(=O)c1cc(Cl)ccc1Cl. The van der Waals surface area contributed by atoms with E-state index in [4.69, 9.17) is 41.2 Å². The smallest absolute Gasteiger partial charge is 0.254 e. The first-order valence-electron chi connectivity index (χ1n) is 6.45. The fourth-order valence-corrected chi connectivity index (χ4v) is 4.48. The van der Waals surface area contributed by atoms with Crippen molar-refractivity contribution in [2.24, 2.45) is 0 Å². The standard InChI is InChI=1S/C16H12Cl3NO2S/c1-3-8-20(15-7-5-12(17)9-11(15)2)23(21,22)16-10-13(18)4-6-14(16)19/h1,4-7,9-10H,8H2,2H3. The van der Waals surface area contributed by atoms with Gasteiger partial charge in [0, 0.05) is 10.0 Å². The number of terminal acetylenes is 1. The fourth-order valence-electron chi connectivity index (χ4n) is 2.07. The summed E-state index contributed by atoms with van der Waals surface area (Å²) >= 11 is 17.9. The number of rotatable bonds is 4. The molecule has 120 valence electrons. The van der Waals surface area contributed by atoms with Gasteiger partial charge in [0.25, 0.3) is 10.0 Å². The second-order valence-electron chi connectivity index (χ2n) is 4.72. The summed E-state index contributed by atoms with van der Waals surface area (Å²) in [7, 11) is -3.97. The van der Waals surface area contributed by atoms with Gasteiger partial charge >= 0.3 is 0 Å². The molecule has 0 aliphatic rings. The van der Waals surface area contributed by atoms with E-state index in [0.717, 1.165) is 4.31 Å². The van der Waals surface area contributed by atoms with E-state index < -0.39 is 10.0 Å². The summed E-state index contributed by atoms with van der Waals surface area (Å²) in [4.78, 5) is -0.101. The molecular formula is C16H12Cl3NO2S. The van der Waals surface area contributed by atoms with E-state index >= 15 is 0 Å². The Balaban J connectivity index is 2.65. The molecule has 2 aromatic carbocycles. The first kappa shape index (κ1) is 18.0. The summed E-state index contributed by atoms with van der Waals surface area (Å²) in [5.41, 5.74) is 1.11. The molecule has 0 unspecified atom stereocenters. The largest absolute Gasteiger partial charge is 0.266 e. The third-order valence-corrected chi connectivity index (χ3v) is 5.84. The van der Waals surface area contributed by atoms with E-state index in [1.807, 2.05) is 0 Å². The molecule has 0 amide bonds. The van der Waals surface area contributed by atoms with Crippen LogP contribution in [0.15, 0.2) is 41.3 Å². The van der Waals surface area contributed by atoms with Crippen LogP contribution < -0.4 is 4.31 Å². The van der Waals surface area contributed by atoms with Crippen molar-refractivity contribution in [1.29, 1.82) is 0 Å². The van der Waals surface area contributed by atoms with Crippen molar-refractivity contribution in [3.63, 3.8) is 0 Å². The molecule has 0 saturated carbocycles. The molecule has 0 heterocycles. The molecule has 7 heteroatoms. The number of sulfonamides is 1. The van der Waals surface area contributed by atoms with Crippen LogP contribution in [0.2, 0.25) is 15.1 Å². The molecule has 3 nitrogen and oxygen atoms in total. The molecule has 0 N–H and O–H groups in total. The number of anilines is 1. The predicted octanol–water partition coefficient (Wildman–Crippen LogP) is 4.78. The highest BCUT2D eigenvalue weighted by Gasteiger charge is 2.28. The molecule has 2 rings (SSSR count). The quantitative estimate of drug-likeness (QED) is 0.707. The number of hydrogen-bond acceptors (Lipinski definition) is 2. The minimum Gasteiger partial charge on any atom is -0.254 e. The normalized spacial score (nSPS) is 11.1. The zero-order chi connectivity index (χ0) is 17.2. The van der Waals surface area contributed by atoms with Crippen LogP contribution in [0.25, 0.3) is 0 Å². The minimum atomic E-state index is -3.97. The summed E-state index contributed by atoms with van der Waals surface area (Å²) in [5.74, 6) is 2.36. The third kappa shape index (κ3) is 3.76. The van der Waals surface area contributed by atoms with Crippen molar-refractivity contribution < 1.29 is 8.42 Å².